The molecule has 0 spiro atoms. The maximum Gasteiger partial charge on any atom is 0.0104 e. The molecule has 0 bridgehead atoms. The lowest BCUT2D eigenvalue weighted by Gasteiger charge is -2.38. The Hall–Kier alpha value is -0.0800. The lowest BCUT2D eigenvalue weighted by molar-refractivity contribution is 0.131. The van der Waals surface area contributed by atoms with E-state index < -0.39 is 0 Å². The Morgan fingerprint density at radius 1 is 1.00 bits per heavy atom. The Kier molecular flexibility index (Phi) is 5.30. The van der Waals surface area contributed by atoms with Gasteiger partial charge < -0.3 is 10.2 Å². The molecular weight excluding hydrogens is 232 g/mol. The second-order valence-electron chi connectivity index (χ2n) is 8.07. The number of rotatable bonds is 6. The van der Waals surface area contributed by atoms with Gasteiger partial charge in [0.25, 0.3) is 0 Å². The molecule has 0 atom stereocenters. The van der Waals surface area contributed by atoms with Crippen LogP contribution in [-0.4, -0.2) is 37.6 Å². The smallest absolute Gasteiger partial charge is 0.0104 e. The van der Waals surface area contributed by atoms with Gasteiger partial charge in [-0.05, 0) is 62.8 Å². The van der Waals surface area contributed by atoms with Crippen LogP contribution in [0.5, 0.6) is 0 Å². The Bertz CT molecular complexity index is 257. The van der Waals surface area contributed by atoms with Crippen molar-refractivity contribution in [1.29, 1.82) is 0 Å². The molecule has 0 amide bonds. The molecule has 0 aromatic heterocycles. The van der Waals surface area contributed by atoms with Crippen LogP contribution < -0.4 is 5.32 Å². The topological polar surface area (TPSA) is 15.3 Å². The fourth-order valence-electron chi connectivity index (χ4n) is 3.49. The maximum absolute atomic E-state index is 3.61. The summed E-state index contributed by atoms with van der Waals surface area (Å²) in [5.74, 6) is 1.90. The summed E-state index contributed by atoms with van der Waals surface area (Å²) < 4.78 is 0. The van der Waals surface area contributed by atoms with Crippen molar-refractivity contribution in [2.24, 2.45) is 17.3 Å². The molecule has 2 fully saturated rings. The molecule has 0 aliphatic heterocycles. The van der Waals surface area contributed by atoms with Crippen LogP contribution in [-0.2, 0) is 0 Å². The van der Waals surface area contributed by atoms with E-state index in [1.807, 2.05) is 0 Å². The maximum atomic E-state index is 3.61. The SMILES string of the molecule is CN(CCNC1CC1)CC1CCC(C(C)(C)C)CC1. The minimum Gasteiger partial charge on any atom is -0.313 e. The van der Waals surface area contributed by atoms with Crippen molar-refractivity contribution < 1.29 is 0 Å². The number of hydrogen-bond acceptors (Lipinski definition) is 2. The van der Waals surface area contributed by atoms with E-state index in [9.17, 15) is 0 Å². The van der Waals surface area contributed by atoms with E-state index in [4.69, 9.17) is 0 Å². The molecule has 2 aliphatic rings. The van der Waals surface area contributed by atoms with Gasteiger partial charge in [-0.25, -0.2) is 0 Å². The van der Waals surface area contributed by atoms with E-state index in [1.165, 1.54) is 58.2 Å². The Balaban J connectivity index is 1.58. The third-order valence-electron chi connectivity index (χ3n) is 5.15. The molecule has 0 heterocycles. The van der Waals surface area contributed by atoms with Crippen molar-refractivity contribution in [2.75, 3.05) is 26.7 Å². The summed E-state index contributed by atoms with van der Waals surface area (Å²) in [7, 11) is 2.30. The highest BCUT2D eigenvalue weighted by atomic mass is 15.1. The van der Waals surface area contributed by atoms with Crippen LogP contribution in [0.15, 0.2) is 0 Å². The van der Waals surface area contributed by atoms with Crippen molar-refractivity contribution in [3.63, 3.8) is 0 Å². The van der Waals surface area contributed by atoms with Gasteiger partial charge in [0.1, 0.15) is 0 Å². The lowest BCUT2D eigenvalue weighted by Crippen LogP contribution is -2.35. The van der Waals surface area contributed by atoms with Crippen LogP contribution in [0, 0.1) is 17.3 Å². The highest BCUT2D eigenvalue weighted by molar-refractivity contribution is 4.82. The standard InChI is InChI=1S/C17H34N2/c1-17(2,3)15-7-5-14(6-8-15)13-19(4)12-11-18-16-9-10-16/h14-16,18H,5-13H2,1-4H3. The van der Waals surface area contributed by atoms with Gasteiger partial charge in [0.15, 0.2) is 0 Å². The van der Waals surface area contributed by atoms with E-state index in [-0.39, 0.29) is 0 Å². The molecule has 19 heavy (non-hydrogen) atoms. The fourth-order valence-corrected chi connectivity index (χ4v) is 3.49. The van der Waals surface area contributed by atoms with Gasteiger partial charge >= 0.3 is 0 Å². The minimum atomic E-state index is 0.519. The Labute approximate surface area is 120 Å². The Morgan fingerprint density at radius 3 is 2.16 bits per heavy atom. The first-order chi connectivity index (χ1) is 8.95. The summed E-state index contributed by atoms with van der Waals surface area (Å²) in [5, 5.41) is 3.61. The highest BCUT2D eigenvalue weighted by Crippen LogP contribution is 2.39. The minimum absolute atomic E-state index is 0.519. The molecule has 2 aliphatic carbocycles. The van der Waals surface area contributed by atoms with E-state index >= 15 is 0 Å². The van der Waals surface area contributed by atoms with E-state index in [0.717, 1.165) is 17.9 Å². The van der Waals surface area contributed by atoms with Crippen molar-refractivity contribution in [3.8, 4) is 0 Å². The van der Waals surface area contributed by atoms with Gasteiger partial charge in [0.05, 0.1) is 0 Å². The molecule has 0 saturated heterocycles. The van der Waals surface area contributed by atoms with Gasteiger partial charge in [-0.2, -0.15) is 0 Å². The van der Waals surface area contributed by atoms with Crippen LogP contribution in [0.3, 0.4) is 0 Å². The predicted molar refractivity (Wildman–Crippen MR) is 83.4 cm³/mol. The average Bonchev–Trinajstić information content (AvgIpc) is 3.12. The normalized spacial score (nSPS) is 28.9. The van der Waals surface area contributed by atoms with Gasteiger partial charge in [-0.3, -0.25) is 0 Å². The first-order valence-corrected chi connectivity index (χ1v) is 8.37. The number of hydrogen-bond donors (Lipinski definition) is 1. The Morgan fingerprint density at radius 2 is 1.63 bits per heavy atom. The van der Waals surface area contributed by atoms with E-state index in [0.29, 0.717) is 5.41 Å². The molecule has 1 N–H and O–H groups in total. The zero-order valence-electron chi connectivity index (χ0n) is 13.5. The number of likely N-dealkylation sites (N-methyl/N-ethyl adjacent to an activating group) is 1. The zero-order valence-corrected chi connectivity index (χ0v) is 13.5. The summed E-state index contributed by atoms with van der Waals surface area (Å²) in [4.78, 5) is 2.54. The quantitative estimate of drug-likeness (QED) is 0.791. The molecule has 0 radical (unpaired) electrons. The molecule has 0 aromatic carbocycles. The van der Waals surface area contributed by atoms with E-state index in [2.05, 4.69) is 38.0 Å². The third kappa shape index (κ3) is 5.43. The number of nitrogens with zero attached hydrogens (tertiary/aromatic N) is 1. The summed E-state index contributed by atoms with van der Waals surface area (Å²) in [6.07, 6.45) is 8.59. The van der Waals surface area contributed by atoms with E-state index in [1.54, 1.807) is 0 Å². The average molecular weight is 266 g/mol. The van der Waals surface area contributed by atoms with Crippen LogP contribution in [0.1, 0.15) is 59.3 Å². The third-order valence-corrected chi connectivity index (χ3v) is 5.15. The van der Waals surface area contributed by atoms with Gasteiger partial charge in [0, 0.05) is 25.7 Å². The van der Waals surface area contributed by atoms with Crippen LogP contribution in [0.25, 0.3) is 0 Å². The molecule has 2 heteroatoms. The van der Waals surface area contributed by atoms with Gasteiger partial charge in [-0.15, -0.1) is 0 Å². The van der Waals surface area contributed by atoms with Gasteiger partial charge in [-0.1, -0.05) is 20.8 Å². The molecule has 0 aromatic rings. The molecule has 2 rings (SSSR count). The molecule has 112 valence electrons. The lowest BCUT2D eigenvalue weighted by atomic mass is 9.70. The predicted octanol–water partition coefficient (Wildman–Crippen LogP) is 3.52. The van der Waals surface area contributed by atoms with Crippen LogP contribution >= 0.6 is 0 Å². The second kappa shape index (κ2) is 6.58. The first kappa shape index (κ1) is 15.3. The van der Waals surface area contributed by atoms with Crippen LogP contribution in [0.2, 0.25) is 0 Å². The summed E-state index contributed by atoms with van der Waals surface area (Å²) >= 11 is 0. The molecular formula is C17H34N2. The van der Waals surface area contributed by atoms with Gasteiger partial charge in [0.2, 0.25) is 0 Å². The fraction of sp³-hybridized carbons (Fsp3) is 1.00. The van der Waals surface area contributed by atoms with Crippen molar-refractivity contribution in [3.05, 3.63) is 0 Å². The summed E-state index contributed by atoms with van der Waals surface area (Å²) in [6.45, 7) is 10.9. The molecule has 2 nitrogen and oxygen atoms in total. The highest BCUT2D eigenvalue weighted by Gasteiger charge is 2.29. The van der Waals surface area contributed by atoms with Crippen molar-refractivity contribution in [2.45, 2.75) is 65.3 Å². The summed E-state index contributed by atoms with van der Waals surface area (Å²) in [5.41, 5.74) is 0.519. The zero-order chi connectivity index (χ0) is 13.9. The molecule has 0 unspecified atom stereocenters. The van der Waals surface area contributed by atoms with Crippen LogP contribution in [0.4, 0.5) is 0 Å². The first-order valence-electron chi connectivity index (χ1n) is 8.37. The largest absolute Gasteiger partial charge is 0.313 e. The summed E-state index contributed by atoms with van der Waals surface area (Å²) in [6, 6.07) is 0.857. The molecule has 2 saturated carbocycles. The van der Waals surface area contributed by atoms with Crippen molar-refractivity contribution >= 4 is 0 Å². The second-order valence-corrected chi connectivity index (χ2v) is 8.07. The number of nitrogens with one attached hydrogen (secondary N) is 1. The monoisotopic (exact) mass is 266 g/mol. The van der Waals surface area contributed by atoms with Crippen molar-refractivity contribution in [1.82, 2.24) is 10.2 Å².